The fraction of sp³-hybridized carbons (Fsp3) is 0.522. The van der Waals surface area contributed by atoms with Crippen LogP contribution in [-0.4, -0.2) is 63.8 Å². The smallest absolute Gasteiger partial charge is 0.254 e. The van der Waals surface area contributed by atoms with Gasteiger partial charge in [-0.1, -0.05) is 25.1 Å². The molecule has 3 aromatic rings. The van der Waals surface area contributed by atoms with E-state index in [0.717, 1.165) is 74.8 Å². The molecule has 0 spiro atoms. The molecule has 2 fully saturated rings. The van der Waals surface area contributed by atoms with Crippen LogP contribution < -0.4 is 9.80 Å². The van der Waals surface area contributed by atoms with E-state index in [0.29, 0.717) is 0 Å². The second-order valence-electron chi connectivity index (χ2n) is 8.76. The lowest BCUT2D eigenvalue weighted by molar-refractivity contribution is 0.244. The number of nitrogens with zero attached hydrogens (tertiary/aromatic N) is 7. The molecule has 158 valence electrons. The van der Waals surface area contributed by atoms with Crippen molar-refractivity contribution in [1.82, 2.24) is 24.5 Å². The van der Waals surface area contributed by atoms with Crippen molar-refractivity contribution in [2.75, 3.05) is 49.1 Å². The number of aryl methyl sites for hydroxylation is 1. The minimum atomic E-state index is 0.724. The number of aromatic nitrogens is 4. The first-order valence-electron chi connectivity index (χ1n) is 11.2. The lowest BCUT2D eigenvalue weighted by Gasteiger charge is -2.35. The fourth-order valence-corrected chi connectivity index (χ4v) is 4.54. The SMILES string of the molecule is Cc1cc(N2CCC(C)CC2)n2nc(CN3CCN(c4ccccc4)CC3)nc2n1. The van der Waals surface area contributed by atoms with Crippen LogP contribution in [0, 0.1) is 12.8 Å². The van der Waals surface area contributed by atoms with E-state index in [9.17, 15) is 0 Å². The maximum absolute atomic E-state index is 4.87. The van der Waals surface area contributed by atoms with Gasteiger partial charge < -0.3 is 9.80 Å². The van der Waals surface area contributed by atoms with E-state index in [2.05, 4.69) is 63.0 Å². The number of rotatable bonds is 4. The summed E-state index contributed by atoms with van der Waals surface area (Å²) in [5, 5.41) is 4.87. The van der Waals surface area contributed by atoms with Gasteiger partial charge in [0.25, 0.3) is 5.78 Å². The highest BCUT2D eigenvalue weighted by Gasteiger charge is 2.22. The first-order valence-corrected chi connectivity index (χ1v) is 11.2. The molecule has 0 amide bonds. The monoisotopic (exact) mass is 405 g/mol. The van der Waals surface area contributed by atoms with Crippen molar-refractivity contribution in [3.05, 3.63) is 47.9 Å². The summed E-state index contributed by atoms with van der Waals surface area (Å²) in [6.07, 6.45) is 2.46. The standard InChI is InChI=1S/C23H31N7/c1-18-8-10-29(11-9-18)22-16-19(2)24-23-25-21(26-30(22)23)17-27-12-14-28(15-13-27)20-6-4-3-5-7-20/h3-7,16,18H,8-15,17H2,1-2H3. The number of piperazine rings is 1. The Morgan fingerprint density at radius 1 is 0.900 bits per heavy atom. The molecule has 0 bridgehead atoms. The number of benzene rings is 1. The second-order valence-corrected chi connectivity index (χ2v) is 8.76. The number of anilines is 2. The molecule has 7 nitrogen and oxygen atoms in total. The van der Waals surface area contributed by atoms with Crippen molar-refractivity contribution in [2.24, 2.45) is 5.92 Å². The summed E-state index contributed by atoms with van der Waals surface area (Å²) in [4.78, 5) is 16.8. The van der Waals surface area contributed by atoms with Gasteiger partial charge in [0.1, 0.15) is 5.82 Å². The number of para-hydroxylation sites is 1. The molecule has 2 aliphatic heterocycles. The van der Waals surface area contributed by atoms with E-state index in [-0.39, 0.29) is 0 Å². The highest BCUT2D eigenvalue weighted by Crippen LogP contribution is 2.24. The highest BCUT2D eigenvalue weighted by molar-refractivity contribution is 5.48. The third-order valence-electron chi connectivity index (χ3n) is 6.43. The van der Waals surface area contributed by atoms with E-state index in [4.69, 9.17) is 10.1 Å². The van der Waals surface area contributed by atoms with Gasteiger partial charge in [-0.05, 0) is 37.8 Å². The molecule has 30 heavy (non-hydrogen) atoms. The van der Waals surface area contributed by atoms with Gasteiger partial charge in [-0.25, -0.2) is 4.98 Å². The van der Waals surface area contributed by atoms with Crippen LogP contribution in [0.1, 0.15) is 31.3 Å². The zero-order valence-corrected chi connectivity index (χ0v) is 18.0. The number of fused-ring (bicyclic) bond motifs is 1. The third kappa shape index (κ3) is 3.99. The van der Waals surface area contributed by atoms with E-state index >= 15 is 0 Å². The van der Waals surface area contributed by atoms with Gasteiger partial charge >= 0.3 is 0 Å². The Hall–Kier alpha value is -2.67. The quantitative estimate of drug-likeness (QED) is 0.665. The molecule has 0 atom stereocenters. The Morgan fingerprint density at radius 3 is 2.37 bits per heavy atom. The predicted molar refractivity (Wildman–Crippen MR) is 120 cm³/mol. The van der Waals surface area contributed by atoms with E-state index in [1.54, 1.807) is 0 Å². The van der Waals surface area contributed by atoms with Crippen molar-refractivity contribution in [3.63, 3.8) is 0 Å². The first-order chi connectivity index (χ1) is 14.7. The van der Waals surface area contributed by atoms with Crippen molar-refractivity contribution >= 4 is 17.3 Å². The summed E-state index contributed by atoms with van der Waals surface area (Å²) < 4.78 is 1.96. The van der Waals surface area contributed by atoms with Gasteiger partial charge in [-0.3, -0.25) is 4.90 Å². The molecule has 1 aromatic carbocycles. The topological polar surface area (TPSA) is 52.8 Å². The largest absolute Gasteiger partial charge is 0.369 e. The zero-order valence-electron chi connectivity index (χ0n) is 18.0. The van der Waals surface area contributed by atoms with E-state index < -0.39 is 0 Å². The van der Waals surface area contributed by atoms with Crippen LogP contribution in [0.2, 0.25) is 0 Å². The molecular formula is C23H31N7. The van der Waals surface area contributed by atoms with Crippen LogP contribution >= 0.6 is 0 Å². The number of piperidine rings is 1. The summed E-state index contributed by atoms with van der Waals surface area (Å²) in [5.41, 5.74) is 2.31. The molecule has 2 saturated heterocycles. The molecular weight excluding hydrogens is 374 g/mol. The van der Waals surface area contributed by atoms with Gasteiger partial charge in [0, 0.05) is 56.7 Å². The average Bonchev–Trinajstić information content (AvgIpc) is 3.17. The maximum atomic E-state index is 4.87. The molecule has 0 saturated carbocycles. The van der Waals surface area contributed by atoms with Gasteiger partial charge in [0.2, 0.25) is 0 Å². The highest BCUT2D eigenvalue weighted by atomic mass is 15.4. The lowest BCUT2D eigenvalue weighted by Crippen LogP contribution is -2.46. The van der Waals surface area contributed by atoms with Crippen LogP contribution in [0.15, 0.2) is 36.4 Å². The normalized spacial score (nSPS) is 19.0. The first kappa shape index (κ1) is 19.3. The van der Waals surface area contributed by atoms with Crippen LogP contribution in [-0.2, 0) is 6.54 Å². The molecule has 5 rings (SSSR count). The molecule has 7 heteroatoms. The van der Waals surface area contributed by atoms with Gasteiger partial charge in [-0.2, -0.15) is 9.50 Å². The van der Waals surface area contributed by atoms with Crippen molar-refractivity contribution in [3.8, 4) is 0 Å². The van der Waals surface area contributed by atoms with Gasteiger partial charge in [-0.15, -0.1) is 5.10 Å². The van der Waals surface area contributed by atoms with E-state index in [1.807, 2.05) is 11.4 Å². The zero-order chi connectivity index (χ0) is 20.5. The summed E-state index contributed by atoms with van der Waals surface area (Å²) in [6, 6.07) is 12.8. The van der Waals surface area contributed by atoms with Crippen molar-refractivity contribution in [2.45, 2.75) is 33.2 Å². The molecule has 0 aliphatic carbocycles. The molecule has 0 radical (unpaired) electrons. The Bertz CT molecular complexity index is 983. The van der Waals surface area contributed by atoms with Crippen LogP contribution in [0.3, 0.4) is 0 Å². The molecule has 2 aliphatic rings. The fourth-order valence-electron chi connectivity index (χ4n) is 4.54. The Balaban J connectivity index is 1.29. The average molecular weight is 406 g/mol. The van der Waals surface area contributed by atoms with Gasteiger partial charge in [0.05, 0.1) is 6.54 Å². The summed E-state index contributed by atoms with van der Waals surface area (Å²) in [7, 11) is 0. The van der Waals surface area contributed by atoms with Crippen LogP contribution in [0.4, 0.5) is 11.5 Å². The third-order valence-corrected chi connectivity index (χ3v) is 6.43. The minimum Gasteiger partial charge on any atom is -0.369 e. The van der Waals surface area contributed by atoms with Crippen LogP contribution in [0.5, 0.6) is 0 Å². The summed E-state index contributed by atoms with van der Waals surface area (Å²) in [6.45, 7) is 11.4. The maximum Gasteiger partial charge on any atom is 0.254 e. The molecule has 0 N–H and O–H groups in total. The molecule has 4 heterocycles. The van der Waals surface area contributed by atoms with Crippen molar-refractivity contribution in [1.29, 1.82) is 0 Å². The van der Waals surface area contributed by atoms with Crippen molar-refractivity contribution < 1.29 is 0 Å². The Kier molecular flexibility index (Phi) is 5.29. The number of hydrogen-bond acceptors (Lipinski definition) is 6. The van der Waals surface area contributed by atoms with E-state index in [1.165, 1.54) is 18.5 Å². The Morgan fingerprint density at radius 2 is 1.63 bits per heavy atom. The second kappa shape index (κ2) is 8.22. The Labute approximate surface area is 178 Å². The van der Waals surface area contributed by atoms with Gasteiger partial charge in [0.15, 0.2) is 5.82 Å². The van der Waals surface area contributed by atoms with Crippen LogP contribution in [0.25, 0.3) is 5.78 Å². The summed E-state index contributed by atoms with van der Waals surface area (Å²) in [5.74, 6) is 3.53. The molecule has 2 aromatic heterocycles. The predicted octanol–water partition coefficient (Wildman–Crippen LogP) is 2.99. The summed E-state index contributed by atoms with van der Waals surface area (Å²) >= 11 is 0. The lowest BCUT2D eigenvalue weighted by atomic mass is 9.99. The molecule has 0 unspecified atom stereocenters. The minimum absolute atomic E-state index is 0.724. The number of hydrogen-bond donors (Lipinski definition) is 0.